The number of thiazole rings is 1. The second-order valence-corrected chi connectivity index (χ2v) is 7.57. The zero-order valence-electron chi connectivity index (χ0n) is 14.8. The topological polar surface area (TPSA) is 64.1 Å². The van der Waals surface area contributed by atoms with Gasteiger partial charge in [-0.3, -0.25) is 9.78 Å². The monoisotopic (exact) mass is 359 g/mol. The second kappa shape index (κ2) is 8.54. The largest absolute Gasteiger partial charge is 0.376 e. The van der Waals surface area contributed by atoms with Gasteiger partial charge in [-0.05, 0) is 37.8 Å². The van der Waals surface area contributed by atoms with Gasteiger partial charge in [0.2, 0.25) is 0 Å². The Kier molecular flexibility index (Phi) is 6.15. The molecule has 1 saturated carbocycles. The number of nitrogens with one attached hydrogen (secondary N) is 1. The van der Waals surface area contributed by atoms with E-state index < -0.39 is 0 Å². The summed E-state index contributed by atoms with van der Waals surface area (Å²) in [5.41, 5.74) is 1.54. The number of ether oxygens (including phenoxy) is 1. The molecule has 0 unspecified atom stereocenters. The summed E-state index contributed by atoms with van der Waals surface area (Å²) in [6.07, 6.45) is 7.00. The normalized spacial score (nSPS) is 20.4. The summed E-state index contributed by atoms with van der Waals surface area (Å²) in [5.74, 6) is 0.534. The van der Waals surface area contributed by atoms with Crippen molar-refractivity contribution >= 4 is 17.2 Å². The Hall–Kier alpha value is -1.79. The van der Waals surface area contributed by atoms with Gasteiger partial charge in [-0.1, -0.05) is 25.8 Å². The molecule has 0 aromatic carbocycles. The molecular weight excluding hydrogens is 334 g/mol. The van der Waals surface area contributed by atoms with Crippen LogP contribution in [0.15, 0.2) is 24.4 Å². The lowest BCUT2D eigenvalue weighted by atomic mass is 9.88. The first-order valence-electron chi connectivity index (χ1n) is 8.94. The van der Waals surface area contributed by atoms with E-state index in [1.807, 2.05) is 25.1 Å². The van der Waals surface area contributed by atoms with E-state index in [9.17, 15) is 4.79 Å². The highest BCUT2D eigenvalue weighted by atomic mass is 32.1. The van der Waals surface area contributed by atoms with Gasteiger partial charge in [0.1, 0.15) is 9.88 Å². The molecule has 1 fully saturated rings. The van der Waals surface area contributed by atoms with Crippen LogP contribution in [0.5, 0.6) is 0 Å². The molecule has 1 aliphatic carbocycles. The molecular formula is C19H25N3O2S. The predicted octanol–water partition coefficient (Wildman–Crippen LogP) is 3.84. The van der Waals surface area contributed by atoms with Crippen LogP contribution in [-0.2, 0) is 4.74 Å². The summed E-state index contributed by atoms with van der Waals surface area (Å²) in [4.78, 5) is 21.8. The summed E-state index contributed by atoms with van der Waals surface area (Å²) in [6.45, 7) is 5.20. The number of rotatable bonds is 6. The molecule has 25 heavy (non-hydrogen) atoms. The van der Waals surface area contributed by atoms with Crippen LogP contribution in [0.3, 0.4) is 0 Å². The molecule has 1 aliphatic rings. The standard InChI is InChI=1S/C19H25N3O2S/c1-13-7-3-4-9-16(13)24-12-11-21-18(23)17-14(2)22-19(25-17)15-8-5-6-10-20-15/h5-6,8,10,13,16H,3-4,7,9,11-12H2,1-2H3,(H,21,23)/t13-,16+/m0/s1. The molecule has 0 bridgehead atoms. The molecule has 0 saturated heterocycles. The number of carbonyl (C=O) groups excluding carboxylic acids is 1. The molecule has 2 heterocycles. The third-order valence-corrected chi connectivity index (χ3v) is 5.82. The van der Waals surface area contributed by atoms with Gasteiger partial charge in [-0.2, -0.15) is 0 Å². The van der Waals surface area contributed by atoms with Crippen molar-refractivity contribution in [1.82, 2.24) is 15.3 Å². The number of nitrogens with zero attached hydrogens (tertiary/aromatic N) is 2. The van der Waals surface area contributed by atoms with Gasteiger partial charge in [0.25, 0.3) is 5.91 Å². The lowest BCUT2D eigenvalue weighted by molar-refractivity contribution is -0.00293. The molecule has 0 aliphatic heterocycles. The Morgan fingerprint density at radius 2 is 2.20 bits per heavy atom. The van der Waals surface area contributed by atoms with Crippen LogP contribution in [0.1, 0.15) is 48.0 Å². The molecule has 0 radical (unpaired) electrons. The van der Waals surface area contributed by atoms with Crippen molar-refractivity contribution in [1.29, 1.82) is 0 Å². The van der Waals surface area contributed by atoms with E-state index >= 15 is 0 Å². The highest BCUT2D eigenvalue weighted by Crippen LogP contribution is 2.27. The van der Waals surface area contributed by atoms with E-state index in [0.717, 1.165) is 22.8 Å². The molecule has 2 aromatic rings. The van der Waals surface area contributed by atoms with Crippen LogP contribution in [0.2, 0.25) is 0 Å². The number of aromatic nitrogens is 2. The SMILES string of the molecule is Cc1nc(-c2ccccn2)sc1C(=O)NCCO[C@@H]1CCCC[C@@H]1C. The van der Waals surface area contributed by atoms with E-state index in [1.165, 1.54) is 30.6 Å². The summed E-state index contributed by atoms with van der Waals surface area (Å²) in [5, 5.41) is 3.72. The average Bonchev–Trinajstić information content (AvgIpc) is 3.02. The molecule has 6 heteroatoms. The van der Waals surface area contributed by atoms with Crippen LogP contribution >= 0.6 is 11.3 Å². The van der Waals surface area contributed by atoms with E-state index in [0.29, 0.717) is 30.1 Å². The Morgan fingerprint density at radius 3 is 2.96 bits per heavy atom. The lowest BCUT2D eigenvalue weighted by Crippen LogP contribution is -2.31. The minimum atomic E-state index is -0.0857. The van der Waals surface area contributed by atoms with Crippen molar-refractivity contribution in [3.63, 3.8) is 0 Å². The molecule has 1 N–H and O–H groups in total. The molecule has 2 atom stereocenters. The number of aryl methyl sites for hydroxylation is 1. The molecule has 5 nitrogen and oxygen atoms in total. The zero-order chi connectivity index (χ0) is 17.6. The maximum atomic E-state index is 12.4. The van der Waals surface area contributed by atoms with Crippen molar-refractivity contribution in [2.24, 2.45) is 5.92 Å². The number of hydrogen-bond acceptors (Lipinski definition) is 5. The van der Waals surface area contributed by atoms with Crippen molar-refractivity contribution in [2.45, 2.75) is 45.6 Å². The highest BCUT2D eigenvalue weighted by molar-refractivity contribution is 7.17. The van der Waals surface area contributed by atoms with Gasteiger partial charge >= 0.3 is 0 Å². The second-order valence-electron chi connectivity index (χ2n) is 6.58. The number of carbonyl (C=O) groups is 1. The zero-order valence-corrected chi connectivity index (χ0v) is 15.6. The van der Waals surface area contributed by atoms with Gasteiger partial charge in [-0.25, -0.2) is 4.98 Å². The fourth-order valence-corrected chi connectivity index (χ4v) is 4.15. The van der Waals surface area contributed by atoms with E-state index in [4.69, 9.17) is 4.74 Å². The Morgan fingerprint density at radius 1 is 1.36 bits per heavy atom. The van der Waals surface area contributed by atoms with Crippen molar-refractivity contribution in [2.75, 3.05) is 13.2 Å². The van der Waals surface area contributed by atoms with Crippen LogP contribution in [0, 0.1) is 12.8 Å². The van der Waals surface area contributed by atoms with Crippen molar-refractivity contribution < 1.29 is 9.53 Å². The van der Waals surface area contributed by atoms with Crippen LogP contribution in [-0.4, -0.2) is 35.1 Å². The number of amides is 1. The highest BCUT2D eigenvalue weighted by Gasteiger charge is 2.22. The van der Waals surface area contributed by atoms with Gasteiger partial charge in [0.05, 0.1) is 24.1 Å². The summed E-state index contributed by atoms with van der Waals surface area (Å²) >= 11 is 1.38. The molecule has 0 spiro atoms. The molecule has 3 rings (SSSR count). The smallest absolute Gasteiger partial charge is 0.263 e. The third-order valence-electron chi connectivity index (χ3n) is 4.64. The van der Waals surface area contributed by atoms with Gasteiger partial charge in [-0.15, -0.1) is 11.3 Å². The predicted molar refractivity (Wildman–Crippen MR) is 99.8 cm³/mol. The van der Waals surface area contributed by atoms with Gasteiger partial charge in [0, 0.05) is 12.7 Å². The van der Waals surface area contributed by atoms with Crippen LogP contribution in [0.25, 0.3) is 10.7 Å². The average molecular weight is 359 g/mol. The summed E-state index contributed by atoms with van der Waals surface area (Å²) < 4.78 is 5.95. The Labute approximate surface area is 152 Å². The minimum absolute atomic E-state index is 0.0857. The third kappa shape index (κ3) is 4.64. The van der Waals surface area contributed by atoms with Gasteiger partial charge in [0.15, 0.2) is 0 Å². The minimum Gasteiger partial charge on any atom is -0.376 e. The summed E-state index contributed by atoms with van der Waals surface area (Å²) in [7, 11) is 0. The van der Waals surface area contributed by atoms with Crippen LogP contribution < -0.4 is 5.32 Å². The number of hydrogen-bond donors (Lipinski definition) is 1. The van der Waals surface area contributed by atoms with Crippen molar-refractivity contribution in [3.05, 3.63) is 35.0 Å². The fraction of sp³-hybridized carbons (Fsp3) is 0.526. The Balaban J connectivity index is 1.51. The lowest BCUT2D eigenvalue weighted by Gasteiger charge is -2.28. The molecule has 134 valence electrons. The maximum Gasteiger partial charge on any atom is 0.263 e. The first kappa shape index (κ1) is 18.0. The maximum absolute atomic E-state index is 12.4. The van der Waals surface area contributed by atoms with Crippen molar-refractivity contribution in [3.8, 4) is 10.7 Å². The summed E-state index contributed by atoms with van der Waals surface area (Å²) in [6, 6.07) is 5.69. The first-order chi connectivity index (χ1) is 12.1. The number of pyridine rings is 1. The van der Waals surface area contributed by atoms with Crippen LogP contribution in [0.4, 0.5) is 0 Å². The quantitative estimate of drug-likeness (QED) is 0.796. The van der Waals surface area contributed by atoms with Gasteiger partial charge < -0.3 is 10.1 Å². The molecule has 2 aromatic heterocycles. The van der Waals surface area contributed by atoms with E-state index in [1.54, 1.807) is 6.20 Å². The molecule has 1 amide bonds. The Bertz CT molecular complexity index is 702. The fourth-order valence-electron chi connectivity index (χ4n) is 3.19. The van der Waals surface area contributed by atoms with E-state index in [2.05, 4.69) is 22.2 Å². The first-order valence-corrected chi connectivity index (χ1v) is 9.75. The van der Waals surface area contributed by atoms with E-state index in [-0.39, 0.29) is 5.91 Å².